The summed E-state index contributed by atoms with van der Waals surface area (Å²) in [7, 11) is 0. The second-order valence-electron chi connectivity index (χ2n) is 4.70. The number of esters is 1. The van der Waals surface area contributed by atoms with Crippen molar-refractivity contribution in [3.8, 4) is 5.75 Å². The third-order valence-electron chi connectivity index (χ3n) is 3.18. The van der Waals surface area contributed by atoms with Gasteiger partial charge in [-0.2, -0.15) is 0 Å². The Bertz CT molecular complexity index is 689. The van der Waals surface area contributed by atoms with Gasteiger partial charge in [0.05, 0.1) is 5.57 Å². The number of ether oxygens (including phenoxy) is 2. The summed E-state index contributed by atoms with van der Waals surface area (Å²) in [4.78, 5) is 12.1. The molecule has 2 aromatic rings. The first-order chi connectivity index (χ1) is 10.2. The Morgan fingerprint density at radius 1 is 1.14 bits per heavy atom. The zero-order chi connectivity index (χ0) is 14.7. The Hall–Kier alpha value is -2.07. The van der Waals surface area contributed by atoms with Gasteiger partial charge in [0.2, 0.25) is 0 Å². The van der Waals surface area contributed by atoms with Gasteiger partial charge >= 0.3 is 5.97 Å². The van der Waals surface area contributed by atoms with Crippen LogP contribution in [0, 0.1) is 0 Å². The van der Waals surface area contributed by atoms with Gasteiger partial charge < -0.3 is 9.47 Å². The lowest BCUT2D eigenvalue weighted by Crippen LogP contribution is -2.17. The van der Waals surface area contributed by atoms with Gasteiger partial charge in [-0.15, -0.1) is 0 Å². The van der Waals surface area contributed by atoms with E-state index in [0.717, 1.165) is 21.3 Å². The molecule has 0 atom stereocenters. The number of hydrogen-bond acceptors (Lipinski definition) is 3. The number of carbonyl (C=O) groups is 1. The van der Waals surface area contributed by atoms with E-state index in [-0.39, 0.29) is 19.2 Å². The van der Waals surface area contributed by atoms with Crippen molar-refractivity contribution in [2.75, 3.05) is 6.61 Å². The summed E-state index contributed by atoms with van der Waals surface area (Å²) in [5.74, 6) is 0.453. The van der Waals surface area contributed by atoms with E-state index in [1.807, 2.05) is 54.6 Å². The van der Waals surface area contributed by atoms with E-state index in [1.165, 1.54) is 0 Å². The zero-order valence-corrected chi connectivity index (χ0v) is 12.8. The standard InChI is InChI=1S/C17H13BrO3/c18-15-7-5-12(6-8-15)10-21-17(19)14-9-13-3-1-2-4-16(13)20-11-14/h1-9H,10-11H2. The lowest BCUT2D eigenvalue weighted by molar-refractivity contribution is -0.140. The minimum absolute atomic E-state index is 0.246. The highest BCUT2D eigenvalue weighted by Crippen LogP contribution is 2.26. The monoisotopic (exact) mass is 344 g/mol. The molecule has 1 aliphatic heterocycles. The van der Waals surface area contributed by atoms with Crippen LogP contribution in [-0.2, 0) is 16.1 Å². The van der Waals surface area contributed by atoms with Crippen molar-refractivity contribution in [1.29, 1.82) is 0 Å². The molecule has 0 aromatic heterocycles. The molecule has 3 rings (SSSR count). The average Bonchev–Trinajstić information content (AvgIpc) is 2.53. The fourth-order valence-corrected chi connectivity index (χ4v) is 2.32. The first-order valence-corrected chi connectivity index (χ1v) is 7.35. The molecule has 0 spiro atoms. The van der Waals surface area contributed by atoms with Crippen LogP contribution in [0.15, 0.2) is 58.6 Å². The smallest absolute Gasteiger partial charge is 0.337 e. The summed E-state index contributed by atoms with van der Waals surface area (Å²) in [6.07, 6.45) is 1.82. The molecule has 4 heteroatoms. The largest absolute Gasteiger partial charge is 0.488 e. The maximum atomic E-state index is 12.1. The number of hydrogen-bond donors (Lipinski definition) is 0. The summed E-state index contributed by atoms with van der Waals surface area (Å²) in [5.41, 5.74) is 2.38. The number of fused-ring (bicyclic) bond motifs is 1. The fourth-order valence-electron chi connectivity index (χ4n) is 2.06. The topological polar surface area (TPSA) is 35.5 Å². The van der Waals surface area contributed by atoms with E-state index in [1.54, 1.807) is 0 Å². The maximum absolute atomic E-state index is 12.1. The Morgan fingerprint density at radius 2 is 1.90 bits per heavy atom. The normalized spacial score (nSPS) is 12.9. The van der Waals surface area contributed by atoms with Gasteiger partial charge in [-0.1, -0.05) is 46.3 Å². The lowest BCUT2D eigenvalue weighted by atomic mass is 10.1. The highest BCUT2D eigenvalue weighted by molar-refractivity contribution is 9.10. The van der Waals surface area contributed by atoms with Crippen LogP contribution in [0.2, 0.25) is 0 Å². The molecule has 21 heavy (non-hydrogen) atoms. The van der Waals surface area contributed by atoms with Crippen LogP contribution in [-0.4, -0.2) is 12.6 Å². The zero-order valence-electron chi connectivity index (χ0n) is 11.2. The number of rotatable bonds is 3. The maximum Gasteiger partial charge on any atom is 0.337 e. The molecule has 1 heterocycles. The predicted molar refractivity (Wildman–Crippen MR) is 83.9 cm³/mol. The predicted octanol–water partition coefficient (Wildman–Crippen LogP) is 3.97. The number of para-hydroxylation sites is 1. The third kappa shape index (κ3) is 3.34. The molecule has 0 radical (unpaired) electrons. The van der Waals surface area contributed by atoms with E-state index in [2.05, 4.69) is 15.9 Å². The molecule has 0 fully saturated rings. The molecule has 0 saturated carbocycles. The second kappa shape index (κ2) is 6.14. The minimum atomic E-state index is -0.340. The average molecular weight is 345 g/mol. The van der Waals surface area contributed by atoms with Crippen molar-refractivity contribution in [3.63, 3.8) is 0 Å². The van der Waals surface area contributed by atoms with Gasteiger partial charge in [0.15, 0.2) is 0 Å². The summed E-state index contributed by atoms with van der Waals surface area (Å²) in [5, 5.41) is 0. The molecule has 0 bridgehead atoms. The van der Waals surface area contributed by atoms with Crippen molar-refractivity contribution in [2.24, 2.45) is 0 Å². The minimum Gasteiger partial charge on any atom is -0.488 e. The quantitative estimate of drug-likeness (QED) is 0.790. The third-order valence-corrected chi connectivity index (χ3v) is 3.71. The molecule has 0 aliphatic carbocycles. The number of halogens is 1. The number of benzene rings is 2. The van der Waals surface area contributed by atoms with Gasteiger partial charge in [-0.3, -0.25) is 0 Å². The van der Waals surface area contributed by atoms with Crippen molar-refractivity contribution in [1.82, 2.24) is 0 Å². The lowest BCUT2D eigenvalue weighted by Gasteiger charge is -2.17. The van der Waals surface area contributed by atoms with Gasteiger partial charge in [0, 0.05) is 10.0 Å². The molecule has 0 saturated heterocycles. The van der Waals surface area contributed by atoms with Crippen LogP contribution in [0.1, 0.15) is 11.1 Å². The van der Waals surface area contributed by atoms with Crippen LogP contribution < -0.4 is 4.74 Å². The molecule has 0 N–H and O–H groups in total. The second-order valence-corrected chi connectivity index (χ2v) is 5.61. The SMILES string of the molecule is O=C(OCc1ccc(Br)cc1)C1=Cc2ccccc2OC1. The summed E-state index contributed by atoms with van der Waals surface area (Å²) in [6.45, 7) is 0.501. The molecule has 1 aliphatic rings. The highest BCUT2D eigenvalue weighted by atomic mass is 79.9. The van der Waals surface area contributed by atoms with E-state index in [4.69, 9.17) is 9.47 Å². The van der Waals surface area contributed by atoms with E-state index < -0.39 is 0 Å². The molecule has 2 aromatic carbocycles. The van der Waals surface area contributed by atoms with Crippen LogP contribution in [0.5, 0.6) is 5.75 Å². The van der Waals surface area contributed by atoms with Gasteiger partial charge in [-0.25, -0.2) is 4.79 Å². The van der Waals surface area contributed by atoms with Crippen LogP contribution in [0.25, 0.3) is 6.08 Å². The Morgan fingerprint density at radius 3 is 2.71 bits per heavy atom. The number of carbonyl (C=O) groups excluding carboxylic acids is 1. The highest BCUT2D eigenvalue weighted by Gasteiger charge is 2.18. The Labute approximate surface area is 131 Å². The summed E-state index contributed by atoms with van der Waals surface area (Å²) in [6, 6.07) is 15.3. The van der Waals surface area contributed by atoms with E-state index in [9.17, 15) is 4.79 Å². The van der Waals surface area contributed by atoms with E-state index >= 15 is 0 Å². The first kappa shape index (κ1) is 13.9. The summed E-state index contributed by atoms with van der Waals surface area (Å²) < 4.78 is 11.9. The van der Waals surface area contributed by atoms with Crippen molar-refractivity contribution in [3.05, 3.63) is 69.7 Å². The van der Waals surface area contributed by atoms with Crippen LogP contribution in [0.4, 0.5) is 0 Å². The van der Waals surface area contributed by atoms with E-state index in [0.29, 0.717) is 5.57 Å². The molecular weight excluding hydrogens is 332 g/mol. The molecule has 0 unspecified atom stereocenters. The van der Waals surface area contributed by atoms with Gasteiger partial charge in [0.25, 0.3) is 0 Å². The Balaban J connectivity index is 1.66. The van der Waals surface area contributed by atoms with Crippen molar-refractivity contribution >= 4 is 28.0 Å². The van der Waals surface area contributed by atoms with Gasteiger partial charge in [-0.05, 0) is 29.8 Å². The molecule has 0 amide bonds. The van der Waals surface area contributed by atoms with Crippen molar-refractivity contribution < 1.29 is 14.3 Å². The van der Waals surface area contributed by atoms with Gasteiger partial charge in [0.1, 0.15) is 19.0 Å². The molecule has 3 nitrogen and oxygen atoms in total. The van der Waals surface area contributed by atoms with Crippen LogP contribution >= 0.6 is 15.9 Å². The van der Waals surface area contributed by atoms with Crippen molar-refractivity contribution in [2.45, 2.75) is 6.61 Å². The fraction of sp³-hybridized carbons (Fsp3) is 0.118. The van der Waals surface area contributed by atoms with Crippen LogP contribution in [0.3, 0.4) is 0 Å². The molecular formula is C17H13BrO3. The molecule has 106 valence electrons. The Kier molecular flexibility index (Phi) is 4.06. The first-order valence-electron chi connectivity index (χ1n) is 6.56. The summed E-state index contributed by atoms with van der Waals surface area (Å²) >= 11 is 3.37.